The van der Waals surface area contributed by atoms with Crippen LogP contribution in [0, 0.1) is 11.2 Å². The van der Waals surface area contributed by atoms with Crippen LogP contribution in [0.15, 0.2) is 36.4 Å². The Morgan fingerprint density at radius 3 is 2.68 bits per heavy atom. The lowest BCUT2D eigenvalue weighted by molar-refractivity contribution is 0.0398. The van der Waals surface area contributed by atoms with Crippen LogP contribution in [-0.4, -0.2) is 56.4 Å². The van der Waals surface area contributed by atoms with E-state index in [9.17, 15) is 9.18 Å². The number of rotatable bonds is 7. The van der Waals surface area contributed by atoms with Gasteiger partial charge in [0.15, 0.2) is 0 Å². The summed E-state index contributed by atoms with van der Waals surface area (Å²) in [6.07, 6.45) is 1.21. The van der Waals surface area contributed by atoms with Crippen LogP contribution in [0.3, 0.4) is 0 Å². The average molecular weight is 385 g/mol. The number of carbonyl (C=O) groups is 1. The summed E-state index contributed by atoms with van der Waals surface area (Å²) in [7, 11) is 0. The second-order valence-corrected chi connectivity index (χ2v) is 6.51. The number of nitrogens with one attached hydrogen (secondary N) is 3. The molecule has 2 aromatic rings. The number of nitrogens with zero attached hydrogens (tertiary/aromatic N) is 1. The number of ether oxygens (including phenoxy) is 1. The quantitative estimate of drug-likeness (QED) is 0.433. The van der Waals surface area contributed by atoms with Gasteiger partial charge in [-0.1, -0.05) is 0 Å². The van der Waals surface area contributed by atoms with Gasteiger partial charge in [0.1, 0.15) is 5.82 Å². The number of hydrogen-bond donors (Lipinski definition) is 4. The summed E-state index contributed by atoms with van der Waals surface area (Å²) in [5.74, 6) is -0.838. The molecule has 0 spiro atoms. The van der Waals surface area contributed by atoms with Crippen LogP contribution in [0.4, 0.5) is 21.5 Å². The highest BCUT2D eigenvalue weighted by Gasteiger charge is 2.12. The summed E-state index contributed by atoms with van der Waals surface area (Å²) in [6, 6.07) is 8.90. The standard InChI is InChI=1S/C20H24FN5O2/c21-16-2-4-19(17(23)12-16)25-20(27)14-1-3-18(15(11-14)13-22)24-5-6-26-7-9-28-10-8-26/h1-4,11-13,22,24H,5-10,23H2,(H,25,27). The Bertz CT molecular complexity index is 852. The van der Waals surface area contributed by atoms with Crippen molar-refractivity contribution in [3.63, 3.8) is 0 Å². The molecule has 0 unspecified atom stereocenters. The summed E-state index contributed by atoms with van der Waals surface area (Å²) in [4.78, 5) is 14.8. The molecule has 1 aliphatic rings. The van der Waals surface area contributed by atoms with Gasteiger partial charge in [0.05, 0.1) is 24.6 Å². The Morgan fingerprint density at radius 1 is 1.21 bits per heavy atom. The Balaban J connectivity index is 1.62. The van der Waals surface area contributed by atoms with Crippen molar-refractivity contribution in [2.24, 2.45) is 0 Å². The van der Waals surface area contributed by atoms with Crippen molar-refractivity contribution in [2.45, 2.75) is 0 Å². The molecule has 28 heavy (non-hydrogen) atoms. The molecular weight excluding hydrogens is 361 g/mol. The lowest BCUT2D eigenvalue weighted by atomic mass is 10.1. The second kappa shape index (κ2) is 9.29. The summed E-state index contributed by atoms with van der Waals surface area (Å²) in [5, 5.41) is 13.6. The molecule has 1 heterocycles. The third kappa shape index (κ3) is 5.05. The molecule has 148 valence electrons. The molecule has 2 aromatic carbocycles. The number of carbonyl (C=O) groups excluding carboxylic acids is 1. The molecule has 0 radical (unpaired) electrons. The SMILES string of the molecule is N=Cc1cc(C(=O)Nc2ccc(F)cc2N)ccc1NCCN1CCOCC1. The van der Waals surface area contributed by atoms with Crippen molar-refractivity contribution in [3.05, 3.63) is 53.3 Å². The van der Waals surface area contributed by atoms with E-state index in [4.69, 9.17) is 15.9 Å². The zero-order chi connectivity index (χ0) is 19.9. The van der Waals surface area contributed by atoms with Crippen molar-refractivity contribution < 1.29 is 13.9 Å². The lowest BCUT2D eigenvalue weighted by Crippen LogP contribution is -2.39. The first-order valence-corrected chi connectivity index (χ1v) is 9.11. The fraction of sp³-hybridized carbons (Fsp3) is 0.300. The van der Waals surface area contributed by atoms with Gasteiger partial charge in [0, 0.05) is 49.2 Å². The van der Waals surface area contributed by atoms with E-state index < -0.39 is 5.82 Å². The molecule has 1 amide bonds. The predicted molar refractivity (Wildman–Crippen MR) is 109 cm³/mol. The van der Waals surface area contributed by atoms with Crippen LogP contribution in [0.25, 0.3) is 0 Å². The fourth-order valence-electron chi connectivity index (χ4n) is 3.00. The first-order valence-electron chi connectivity index (χ1n) is 9.11. The van der Waals surface area contributed by atoms with Crippen LogP contribution in [0.1, 0.15) is 15.9 Å². The van der Waals surface area contributed by atoms with E-state index in [1.165, 1.54) is 18.3 Å². The maximum absolute atomic E-state index is 13.1. The van der Waals surface area contributed by atoms with Gasteiger partial charge in [-0.2, -0.15) is 0 Å². The zero-order valence-electron chi connectivity index (χ0n) is 15.5. The summed E-state index contributed by atoms with van der Waals surface area (Å²) >= 11 is 0. The highest BCUT2D eigenvalue weighted by Crippen LogP contribution is 2.21. The third-order valence-electron chi connectivity index (χ3n) is 4.58. The first-order chi connectivity index (χ1) is 13.6. The monoisotopic (exact) mass is 385 g/mol. The summed E-state index contributed by atoms with van der Waals surface area (Å²) < 4.78 is 18.5. The molecule has 8 heteroatoms. The molecule has 1 saturated heterocycles. The smallest absolute Gasteiger partial charge is 0.255 e. The number of benzene rings is 2. The molecule has 0 aromatic heterocycles. The number of halogens is 1. The molecule has 0 bridgehead atoms. The first kappa shape index (κ1) is 19.8. The molecule has 5 N–H and O–H groups in total. The minimum absolute atomic E-state index is 0.155. The van der Waals surface area contributed by atoms with E-state index >= 15 is 0 Å². The van der Waals surface area contributed by atoms with E-state index in [1.54, 1.807) is 18.2 Å². The van der Waals surface area contributed by atoms with Gasteiger partial charge in [-0.05, 0) is 36.4 Å². The predicted octanol–water partition coefficient (Wildman–Crippen LogP) is 2.40. The number of anilines is 3. The van der Waals surface area contributed by atoms with Crippen LogP contribution < -0.4 is 16.4 Å². The van der Waals surface area contributed by atoms with Crippen molar-refractivity contribution in [1.29, 1.82) is 5.41 Å². The van der Waals surface area contributed by atoms with Gasteiger partial charge < -0.3 is 26.5 Å². The summed E-state index contributed by atoms with van der Waals surface area (Å²) in [5.41, 5.74) is 8.02. The lowest BCUT2D eigenvalue weighted by Gasteiger charge is -2.26. The number of nitrogens with two attached hydrogens (primary N) is 1. The normalized spacial score (nSPS) is 14.5. The van der Waals surface area contributed by atoms with E-state index in [1.807, 2.05) is 0 Å². The molecular formula is C20H24FN5O2. The van der Waals surface area contributed by atoms with Gasteiger partial charge in [-0.3, -0.25) is 9.69 Å². The fourth-order valence-corrected chi connectivity index (χ4v) is 3.00. The van der Waals surface area contributed by atoms with Gasteiger partial charge >= 0.3 is 0 Å². The van der Waals surface area contributed by atoms with Crippen LogP contribution in [0.2, 0.25) is 0 Å². The molecule has 0 aliphatic carbocycles. The maximum Gasteiger partial charge on any atom is 0.255 e. The topological polar surface area (TPSA) is 103 Å². The molecule has 7 nitrogen and oxygen atoms in total. The largest absolute Gasteiger partial charge is 0.397 e. The average Bonchev–Trinajstić information content (AvgIpc) is 2.71. The number of nitrogen functional groups attached to an aromatic ring is 1. The Hall–Kier alpha value is -2.97. The van der Waals surface area contributed by atoms with Crippen LogP contribution in [-0.2, 0) is 4.74 Å². The van der Waals surface area contributed by atoms with E-state index in [-0.39, 0.29) is 11.6 Å². The van der Waals surface area contributed by atoms with E-state index in [0.29, 0.717) is 16.8 Å². The second-order valence-electron chi connectivity index (χ2n) is 6.51. The van der Waals surface area contributed by atoms with Crippen LogP contribution >= 0.6 is 0 Å². The van der Waals surface area contributed by atoms with Gasteiger partial charge in [-0.15, -0.1) is 0 Å². The number of morpholine rings is 1. The van der Waals surface area contributed by atoms with Gasteiger partial charge in [0.25, 0.3) is 5.91 Å². The van der Waals surface area contributed by atoms with E-state index in [2.05, 4.69) is 15.5 Å². The van der Waals surface area contributed by atoms with Crippen molar-refractivity contribution in [2.75, 3.05) is 55.8 Å². The number of amides is 1. The van der Waals surface area contributed by atoms with Crippen molar-refractivity contribution in [1.82, 2.24) is 4.90 Å². The Labute approximate surface area is 163 Å². The third-order valence-corrected chi connectivity index (χ3v) is 4.58. The molecule has 0 saturated carbocycles. The molecule has 1 fully saturated rings. The zero-order valence-corrected chi connectivity index (χ0v) is 15.5. The Morgan fingerprint density at radius 2 is 1.96 bits per heavy atom. The molecule has 3 rings (SSSR count). The maximum atomic E-state index is 13.1. The number of hydrogen-bond acceptors (Lipinski definition) is 6. The molecule has 1 aliphatic heterocycles. The minimum atomic E-state index is -0.464. The van der Waals surface area contributed by atoms with Crippen molar-refractivity contribution >= 4 is 29.2 Å². The highest BCUT2D eigenvalue weighted by molar-refractivity contribution is 6.07. The van der Waals surface area contributed by atoms with Crippen molar-refractivity contribution in [3.8, 4) is 0 Å². The summed E-state index contributed by atoms with van der Waals surface area (Å²) in [6.45, 7) is 4.98. The van der Waals surface area contributed by atoms with Gasteiger partial charge in [0.2, 0.25) is 0 Å². The van der Waals surface area contributed by atoms with Gasteiger partial charge in [-0.25, -0.2) is 4.39 Å². The minimum Gasteiger partial charge on any atom is -0.397 e. The molecule has 0 atom stereocenters. The highest BCUT2D eigenvalue weighted by atomic mass is 19.1. The van der Waals surface area contributed by atoms with E-state index in [0.717, 1.165) is 51.1 Å². The Kier molecular flexibility index (Phi) is 6.57. The van der Waals surface area contributed by atoms with Crippen LogP contribution in [0.5, 0.6) is 0 Å².